The fraction of sp³-hybridized carbons (Fsp3) is 0.250. The van der Waals surface area contributed by atoms with E-state index in [4.69, 9.17) is 17.3 Å². The summed E-state index contributed by atoms with van der Waals surface area (Å²) in [5.41, 5.74) is 7.67. The Bertz CT molecular complexity index is 938. The Morgan fingerprint density at radius 2 is 2.12 bits per heavy atom. The summed E-state index contributed by atoms with van der Waals surface area (Å²) in [5.74, 6) is -0.590. The molecule has 0 fully saturated rings. The van der Waals surface area contributed by atoms with Gasteiger partial charge in [-0.2, -0.15) is 5.10 Å². The summed E-state index contributed by atoms with van der Waals surface area (Å²) >= 11 is 9.34. The number of nitrogens with two attached hydrogens (primary N) is 1. The number of carbonyl (C=O) groups excluding carboxylic acids is 1. The van der Waals surface area contributed by atoms with E-state index < -0.39 is 12.3 Å². The third-order valence-electron chi connectivity index (χ3n) is 3.78. The van der Waals surface area contributed by atoms with Crippen molar-refractivity contribution < 1.29 is 13.6 Å². The van der Waals surface area contributed by atoms with E-state index in [1.54, 1.807) is 16.8 Å². The minimum atomic E-state index is -2.34. The zero-order valence-electron chi connectivity index (χ0n) is 12.9. The molecular formula is C16H14BrClF2N4O. The minimum Gasteiger partial charge on any atom is -0.366 e. The number of benzene rings is 1. The number of rotatable bonds is 6. The van der Waals surface area contributed by atoms with Gasteiger partial charge in [0.2, 0.25) is 6.43 Å². The number of aromatic nitrogens is 3. The van der Waals surface area contributed by atoms with E-state index in [-0.39, 0.29) is 12.0 Å². The molecule has 0 radical (unpaired) electrons. The van der Waals surface area contributed by atoms with Crippen LogP contribution in [-0.4, -0.2) is 27.1 Å². The maximum absolute atomic E-state index is 12.4. The number of alkyl halides is 2. The molecule has 3 rings (SSSR count). The third kappa shape index (κ3) is 3.85. The molecule has 1 aromatic carbocycles. The van der Waals surface area contributed by atoms with Gasteiger partial charge in [-0.15, -0.1) is 0 Å². The molecule has 3 N–H and O–H groups in total. The van der Waals surface area contributed by atoms with Crippen LogP contribution in [0.15, 0.2) is 28.9 Å². The van der Waals surface area contributed by atoms with Gasteiger partial charge in [0.1, 0.15) is 4.60 Å². The maximum Gasteiger partial charge on any atom is 0.250 e. The van der Waals surface area contributed by atoms with Gasteiger partial charge in [0.25, 0.3) is 5.91 Å². The molecule has 0 atom stereocenters. The third-order valence-corrected chi connectivity index (χ3v) is 4.38. The summed E-state index contributed by atoms with van der Waals surface area (Å²) in [6, 6.07) is 6.82. The number of nitrogens with one attached hydrogen (secondary N) is 1. The van der Waals surface area contributed by atoms with Crippen LogP contribution in [0.3, 0.4) is 0 Å². The lowest BCUT2D eigenvalue weighted by atomic mass is 10.1. The highest BCUT2D eigenvalue weighted by Gasteiger charge is 2.16. The zero-order chi connectivity index (χ0) is 18.1. The molecule has 0 aliphatic carbocycles. The molecule has 5 nitrogen and oxygen atoms in total. The molecule has 3 aromatic rings. The first-order chi connectivity index (χ1) is 11.8. The summed E-state index contributed by atoms with van der Waals surface area (Å²) in [5, 5.41) is 5.41. The number of aromatic amines is 1. The second-order valence-corrected chi connectivity index (χ2v) is 6.82. The van der Waals surface area contributed by atoms with Crippen LogP contribution in [-0.2, 0) is 6.54 Å². The average Bonchev–Trinajstić information content (AvgIpc) is 3.09. The molecule has 1 amide bonds. The van der Waals surface area contributed by atoms with Crippen molar-refractivity contribution in [2.75, 3.05) is 0 Å². The van der Waals surface area contributed by atoms with Crippen molar-refractivity contribution in [3.63, 3.8) is 0 Å². The molecule has 9 heteroatoms. The predicted molar refractivity (Wildman–Crippen MR) is 96.0 cm³/mol. The summed E-state index contributed by atoms with van der Waals surface area (Å²) < 4.78 is 27.0. The van der Waals surface area contributed by atoms with Crippen LogP contribution in [0.4, 0.5) is 8.78 Å². The Kier molecular flexibility index (Phi) is 5.10. The van der Waals surface area contributed by atoms with Gasteiger partial charge >= 0.3 is 0 Å². The summed E-state index contributed by atoms with van der Waals surface area (Å²) in [7, 11) is 0. The molecule has 0 bridgehead atoms. The van der Waals surface area contributed by atoms with Gasteiger partial charge in [0, 0.05) is 29.4 Å². The van der Waals surface area contributed by atoms with Crippen LogP contribution in [0.5, 0.6) is 0 Å². The van der Waals surface area contributed by atoms with Gasteiger partial charge < -0.3 is 10.7 Å². The van der Waals surface area contributed by atoms with Crippen molar-refractivity contribution in [1.29, 1.82) is 0 Å². The molecular weight excluding hydrogens is 418 g/mol. The van der Waals surface area contributed by atoms with Crippen LogP contribution in [0.2, 0.25) is 5.02 Å². The SMILES string of the molecule is NC(=O)c1cc(Cl)cc2cc(-c3cc(Br)nn3CCCC(F)F)[nH]c12. The van der Waals surface area contributed by atoms with Crippen molar-refractivity contribution in [3.05, 3.63) is 39.5 Å². The van der Waals surface area contributed by atoms with E-state index in [2.05, 4.69) is 26.0 Å². The van der Waals surface area contributed by atoms with E-state index >= 15 is 0 Å². The molecule has 25 heavy (non-hydrogen) atoms. The quantitative estimate of drug-likeness (QED) is 0.599. The largest absolute Gasteiger partial charge is 0.366 e. The van der Waals surface area contributed by atoms with E-state index in [0.717, 1.165) is 5.39 Å². The normalized spacial score (nSPS) is 11.6. The van der Waals surface area contributed by atoms with Crippen LogP contribution in [0.25, 0.3) is 22.3 Å². The molecule has 132 valence electrons. The number of amides is 1. The molecule has 0 saturated carbocycles. The first-order valence-electron chi connectivity index (χ1n) is 7.49. The van der Waals surface area contributed by atoms with Crippen LogP contribution in [0, 0.1) is 0 Å². The molecule has 2 aromatic heterocycles. The molecule has 2 heterocycles. The topological polar surface area (TPSA) is 76.7 Å². The number of H-pyrrole nitrogens is 1. The highest BCUT2D eigenvalue weighted by molar-refractivity contribution is 9.10. The summed E-state index contributed by atoms with van der Waals surface area (Å²) in [6.45, 7) is 0.351. The lowest BCUT2D eigenvalue weighted by Crippen LogP contribution is -2.11. The van der Waals surface area contributed by atoms with Crippen LogP contribution >= 0.6 is 27.5 Å². The highest BCUT2D eigenvalue weighted by atomic mass is 79.9. The zero-order valence-corrected chi connectivity index (χ0v) is 15.2. The van der Waals surface area contributed by atoms with Gasteiger partial charge in [-0.25, -0.2) is 8.78 Å². The molecule has 0 unspecified atom stereocenters. The van der Waals surface area contributed by atoms with Crippen LogP contribution < -0.4 is 5.73 Å². The molecule has 0 aliphatic heterocycles. The maximum atomic E-state index is 12.4. The Hall–Kier alpha value is -1.93. The monoisotopic (exact) mass is 430 g/mol. The standard InChI is InChI=1S/C16H14BrClF2N4O/c17-13-7-12(24(23-13)3-1-2-14(19)20)11-5-8-4-9(18)6-10(16(21)25)15(8)22-11/h4-7,14,22H,1-3H2,(H2,21,25). The van der Waals surface area contributed by atoms with Crippen molar-refractivity contribution in [1.82, 2.24) is 14.8 Å². The Balaban J connectivity index is 2.02. The smallest absolute Gasteiger partial charge is 0.250 e. The van der Waals surface area contributed by atoms with E-state index in [0.29, 0.717) is 39.5 Å². The van der Waals surface area contributed by atoms with Crippen molar-refractivity contribution >= 4 is 44.3 Å². The fourth-order valence-electron chi connectivity index (χ4n) is 2.71. The minimum absolute atomic E-state index is 0.189. The van der Waals surface area contributed by atoms with Crippen molar-refractivity contribution in [3.8, 4) is 11.4 Å². The predicted octanol–water partition coefficient (Wildman–Crippen LogP) is 4.59. The number of aryl methyl sites for hydroxylation is 1. The Morgan fingerprint density at radius 3 is 2.80 bits per heavy atom. The number of halogens is 4. The lowest BCUT2D eigenvalue weighted by Gasteiger charge is -2.06. The first kappa shape index (κ1) is 17.9. The van der Waals surface area contributed by atoms with Crippen molar-refractivity contribution in [2.24, 2.45) is 5.73 Å². The Morgan fingerprint density at radius 1 is 1.36 bits per heavy atom. The number of primary amides is 1. The van der Waals surface area contributed by atoms with Gasteiger partial charge in [-0.1, -0.05) is 11.6 Å². The molecule has 0 aliphatic rings. The second kappa shape index (κ2) is 7.13. The fourth-order valence-corrected chi connectivity index (χ4v) is 3.34. The van der Waals surface area contributed by atoms with E-state index in [1.807, 2.05) is 6.07 Å². The summed E-state index contributed by atoms with van der Waals surface area (Å²) in [6.07, 6.45) is -2.22. The number of hydrogen-bond donors (Lipinski definition) is 2. The number of carbonyl (C=O) groups is 1. The van der Waals surface area contributed by atoms with Crippen LogP contribution in [0.1, 0.15) is 23.2 Å². The average molecular weight is 432 g/mol. The van der Waals surface area contributed by atoms with Gasteiger partial charge in [-0.05, 0) is 40.5 Å². The van der Waals surface area contributed by atoms with Crippen molar-refractivity contribution in [2.45, 2.75) is 25.8 Å². The number of fused-ring (bicyclic) bond motifs is 1. The number of hydrogen-bond acceptors (Lipinski definition) is 2. The number of nitrogens with zero attached hydrogens (tertiary/aromatic N) is 2. The molecule has 0 spiro atoms. The van der Waals surface area contributed by atoms with E-state index in [1.165, 1.54) is 6.07 Å². The molecule has 0 saturated heterocycles. The van der Waals surface area contributed by atoms with Gasteiger partial charge in [0.05, 0.1) is 22.5 Å². The Labute approximate surface area is 155 Å². The highest BCUT2D eigenvalue weighted by Crippen LogP contribution is 2.30. The summed E-state index contributed by atoms with van der Waals surface area (Å²) in [4.78, 5) is 14.8. The van der Waals surface area contributed by atoms with Gasteiger partial charge in [-0.3, -0.25) is 9.48 Å². The lowest BCUT2D eigenvalue weighted by molar-refractivity contribution is 0.100. The first-order valence-corrected chi connectivity index (χ1v) is 8.66. The second-order valence-electron chi connectivity index (χ2n) is 5.57. The van der Waals surface area contributed by atoms with E-state index in [9.17, 15) is 13.6 Å². The van der Waals surface area contributed by atoms with Gasteiger partial charge in [0.15, 0.2) is 0 Å².